The van der Waals surface area contributed by atoms with Crippen molar-refractivity contribution in [3.8, 4) is 0 Å². The minimum absolute atomic E-state index is 0.0365. The Hall–Kier alpha value is -0.220. The molecule has 1 N–H and O–H groups in total. The highest BCUT2D eigenvalue weighted by molar-refractivity contribution is 7.99. The number of carbonyl (C=O) groups excluding carboxylic acids is 1. The van der Waals surface area contributed by atoms with Crippen LogP contribution in [0.5, 0.6) is 0 Å². The molecule has 0 atom stereocenters. The lowest BCUT2D eigenvalue weighted by Gasteiger charge is -2.39. The van der Waals surface area contributed by atoms with Crippen LogP contribution in [0.2, 0.25) is 0 Å². The molecule has 190 valence electrons. The highest BCUT2D eigenvalue weighted by Crippen LogP contribution is 2.29. The van der Waals surface area contributed by atoms with Gasteiger partial charge in [0.2, 0.25) is 5.91 Å². The van der Waals surface area contributed by atoms with Crippen LogP contribution in [0.15, 0.2) is 0 Å². The number of unbranched alkanes of at least 4 members (excludes halogenated alkanes) is 2. The minimum atomic E-state index is -0.225. The van der Waals surface area contributed by atoms with Crippen molar-refractivity contribution in [2.45, 2.75) is 151 Å². The number of hydrogen-bond acceptors (Lipinski definition) is 3. The van der Waals surface area contributed by atoms with E-state index in [9.17, 15) is 4.79 Å². The van der Waals surface area contributed by atoms with Gasteiger partial charge in [0.05, 0.1) is 17.7 Å². The smallest absolute Gasteiger partial charge is 0.220 e. The van der Waals surface area contributed by atoms with Crippen molar-refractivity contribution in [2.75, 3.05) is 18.1 Å². The summed E-state index contributed by atoms with van der Waals surface area (Å²) in [5.74, 6) is 2.67. The number of hydrogen-bond donors (Lipinski definition) is 1. The van der Waals surface area contributed by atoms with Gasteiger partial charge in [-0.25, -0.2) is 0 Å². The van der Waals surface area contributed by atoms with Crippen LogP contribution >= 0.6 is 11.8 Å². The fourth-order valence-corrected chi connectivity index (χ4v) is 4.47. The van der Waals surface area contributed by atoms with Gasteiger partial charge in [0, 0.05) is 6.42 Å². The Balaban J connectivity index is -0.00000184. The van der Waals surface area contributed by atoms with Crippen LogP contribution in [0.25, 0.3) is 0 Å². The van der Waals surface area contributed by atoms with Crippen LogP contribution in [-0.2, 0) is 9.53 Å². The minimum Gasteiger partial charge on any atom is -0.373 e. The molecule has 0 spiro atoms. The van der Waals surface area contributed by atoms with Crippen LogP contribution in [-0.4, -0.2) is 35.2 Å². The number of amides is 1. The number of carbonyl (C=O) groups is 1. The maximum atomic E-state index is 12.5. The Bertz CT molecular complexity index is 366. The summed E-state index contributed by atoms with van der Waals surface area (Å²) in [4.78, 5) is 12.5. The van der Waals surface area contributed by atoms with Crippen molar-refractivity contribution in [3.63, 3.8) is 0 Å². The molecular weight excluding hydrogens is 402 g/mol. The molecule has 0 saturated heterocycles. The third-order valence-corrected chi connectivity index (χ3v) is 7.22. The maximum Gasteiger partial charge on any atom is 0.220 e. The third-order valence-electron chi connectivity index (χ3n) is 5.95. The molecule has 0 heterocycles. The first kappa shape index (κ1) is 35.4. The Morgan fingerprint density at radius 3 is 1.81 bits per heavy atom. The number of thioether (sulfide) groups is 1. The zero-order valence-electron chi connectivity index (χ0n) is 23.1. The molecule has 0 radical (unpaired) electrons. The van der Waals surface area contributed by atoms with Gasteiger partial charge >= 0.3 is 0 Å². The van der Waals surface area contributed by atoms with Gasteiger partial charge in [0.1, 0.15) is 0 Å². The number of rotatable bonds is 18. The summed E-state index contributed by atoms with van der Waals surface area (Å²) >= 11 is 2.03. The highest BCUT2D eigenvalue weighted by Gasteiger charge is 2.33. The molecule has 0 aromatic heterocycles. The van der Waals surface area contributed by atoms with E-state index in [1.54, 1.807) is 0 Å². The molecule has 0 aliphatic carbocycles. The summed E-state index contributed by atoms with van der Waals surface area (Å²) in [7, 11) is 0. The summed E-state index contributed by atoms with van der Waals surface area (Å²) in [5.41, 5.74) is -0.261. The van der Waals surface area contributed by atoms with Gasteiger partial charge in [-0.2, -0.15) is 11.8 Å². The van der Waals surface area contributed by atoms with Crippen LogP contribution in [0.4, 0.5) is 0 Å². The van der Waals surface area contributed by atoms with Crippen molar-refractivity contribution in [3.05, 3.63) is 0 Å². The first-order chi connectivity index (χ1) is 15.0. The lowest BCUT2D eigenvalue weighted by atomic mass is 9.89. The third kappa shape index (κ3) is 17.0. The SMILES string of the molecule is CC.CC.CCCSCCCCCC(=O)NC(CC)(CC)COC(CC)(CC)CCC. The zero-order chi connectivity index (χ0) is 24.6. The van der Waals surface area contributed by atoms with Crippen LogP contribution in [0.1, 0.15) is 140 Å². The van der Waals surface area contributed by atoms with Gasteiger partial charge in [-0.1, -0.05) is 82.1 Å². The second-order valence-electron chi connectivity index (χ2n) is 7.89. The summed E-state index contributed by atoms with van der Waals surface area (Å²) in [6, 6.07) is 0. The molecule has 0 fully saturated rings. The van der Waals surface area contributed by atoms with Crippen LogP contribution < -0.4 is 5.32 Å². The second-order valence-corrected chi connectivity index (χ2v) is 9.11. The standard InChI is InChI=1S/C23H47NO2S.2C2H6/c1-7-17-23(11-5,12-6)26-20-22(9-3,10-4)24-21(25)16-14-13-15-19-27-18-8-2;2*1-2/h7-20H2,1-6H3,(H,24,25);2*1-2H3. The van der Waals surface area contributed by atoms with Gasteiger partial charge in [-0.05, 0) is 62.9 Å². The molecule has 4 heteroatoms. The fourth-order valence-electron chi connectivity index (χ4n) is 3.56. The van der Waals surface area contributed by atoms with E-state index in [1.807, 2.05) is 39.5 Å². The van der Waals surface area contributed by atoms with E-state index in [4.69, 9.17) is 4.74 Å². The monoisotopic (exact) mass is 461 g/mol. The van der Waals surface area contributed by atoms with E-state index >= 15 is 0 Å². The van der Waals surface area contributed by atoms with Crippen molar-refractivity contribution in [1.82, 2.24) is 5.32 Å². The highest BCUT2D eigenvalue weighted by atomic mass is 32.2. The summed E-state index contributed by atoms with van der Waals surface area (Å²) in [5, 5.41) is 3.33. The zero-order valence-corrected chi connectivity index (χ0v) is 23.9. The Kier molecular flexibility index (Phi) is 27.9. The van der Waals surface area contributed by atoms with Crippen molar-refractivity contribution in [2.24, 2.45) is 0 Å². The van der Waals surface area contributed by atoms with Crippen molar-refractivity contribution >= 4 is 17.7 Å². The molecule has 0 aliphatic rings. The molecule has 0 aliphatic heterocycles. The molecule has 0 saturated carbocycles. The van der Waals surface area contributed by atoms with Gasteiger partial charge in [0.25, 0.3) is 0 Å². The average molecular weight is 462 g/mol. The molecule has 0 rings (SSSR count). The summed E-state index contributed by atoms with van der Waals surface area (Å²) in [6.07, 6.45) is 11.4. The van der Waals surface area contributed by atoms with E-state index in [1.165, 1.54) is 24.3 Å². The lowest BCUT2D eigenvalue weighted by molar-refractivity contribution is -0.127. The Labute approximate surface area is 201 Å². The predicted molar refractivity (Wildman–Crippen MR) is 144 cm³/mol. The first-order valence-corrected chi connectivity index (χ1v) is 14.6. The molecular formula is C27H59NO2S. The summed E-state index contributed by atoms with van der Waals surface area (Å²) < 4.78 is 6.48. The van der Waals surface area contributed by atoms with Gasteiger partial charge in [-0.15, -0.1) is 0 Å². The maximum absolute atomic E-state index is 12.5. The number of ether oxygens (including phenoxy) is 1. The van der Waals surface area contributed by atoms with Crippen molar-refractivity contribution in [1.29, 1.82) is 0 Å². The van der Waals surface area contributed by atoms with E-state index < -0.39 is 0 Å². The van der Waals surface area contributed by atoms with Crippen LogP contribution in [0.3, 0.4) is 0 Å². The lowest BCUT2D eigenvalue weighted by Crippen LogP contribution is -2.53. The Morgan fingerprint density at radius 2 is 1.35 bits per heavy atom. The molecule has 0 bridgehead atoms. The second kappa shape index (κ2) is 24.4. The van der Waals surface area contributed by atoms with Gasteiger partial charge < -0.3 is 10.1 Å². The average Bonchev–Trinajstić information content (AvgIpc) is 2.83. The molecule has 1 amide bonds. The molecule has 3 nitrogen and oxygen atoms in total. The Morgan fingerprint density at radius 1 is 0.774 bits per heavy atom. The topological polar surface area (TPSA) is 38.3 Å². The summed E-state index contributed by atoms with van der Waals surface area (Å²) in [6.45, 7) is 21.8. The van der Waals surface area contributed by atoms with Crippen LogP contribution in [0, 0.1) is 0 Å². The van der Waals surface area contributed by atoms with Crippen molar-refractivity contribution < 1.29 is 9.53 Å². The molecule has 31 heavy (non-hydrogen) atoms. The predicted octanol–water partition coefficient (Wildman–Crippen LogP) is 8.79. The van der Waals surface area contributed by atoms with E-state index in [0.717, 1.165) is 51.4 Å². The number of nitrogens with one attached hydrogen (secondary N) is 1. The molecule has 0 aromatic carbocycles. The quantitative estimate of drug-likeness (QED) is 0.207. The molecule has 0 aromatic rings. The van der Waals surface area contributed by atoms with Gasteiger partial charge in [0.15, 0.2) is 0 Å². The fraction of sp³-hybridized carbons (Fsp3) is 0.963. The van der Waals surface area contributed by atoms with E-state index in [0.29, 0.717) is 13.0 Å². The first-order valence-electron chi connectivity index (χ1n) is 13.5. The molecule has 0 unspecified atom stereocenters. The van der Waals surface area contributed by atoms with Gasteiger partial charge in [-0.3, -0.25) is 4.79 Å². The normalized spacial score (nSPS) is 11.2. The van der Waals surface area contributed by atoms with E-state index in [-0.39, 0.29) is 17.0 Å². The van der Waals surface area contributed by atoms with E-state index in [2.05, 4.69) is 46.9 Å². The largest absolute Gasteiger partial charge is 0.373 e.